The third kappa shape index (κ3) is 3.82. The van der Waals surface area contributed by atoms with Crippen molar-refractivity contribution in [1.82, 2.24) is 10.2 Å². The third-order valence-corrected chi connectivity index (χ3v) is 3.63. The Balaban J connectivity index is 1.83. The first-order chi connectivity index (χ1) is 10.2. The summed E-state index contributed by atoms with van der Waals surface area (Å²) in [5, 5.41) is 3.18. The molecule has 1 aliphatic rings. The minimum absolute atomic E-state index is 0.0688. The monoisotopic (exact) mass is 290 g/mol. The van der Waals surface area contributed by atoms with E-state index in [4.69, 9.17) is 4.74 Å². The van der Waals surface area contributed by atoms with Gasteiger partial charge in [-0.05, 0) is 37.1 Å². The number of carbonyl (C=O) groups excluding carboxylic acids is 2. The van der Waals surface area contributed by atoms with Crippen LogP contribution in [0.3, 0.4) is 0 Å². The number of imide groups is 1. The summed E-state index contributed by atoms with van der Waals surface area (Å²) < 4.78 is 5.18. The van der Waals surface area contributed by atoms with Crippen molar-refractivity contribution in [3.8, 4) is 5.75 Å². The SMILES string of the molecule is CCCN1C(=O)CC(NCCc2cccc(OC)c2)C1=O. The molecule has 1 saturated heterocycles. The van der Waals surface area contributed by atoms with Crippen molar-refractivity contribution in [3.05, 3.63) is 29.8 Å². The molecule has 5 nitrogen and oxygen atoms in total. The largest absolute Gasteiger partial charge is 0.497 e. The molecule has 114 valence electrons. The zero-order valence-electron chi connectivity index (χ0n) is 12.6. The molecule has 0 aliphatic carbocycles. The van der Waals surface area contributed by atoms with Gasteiger partial charge >= 0.3 is 0 Å². The second kappa shape index (κ2) is 7.22. The summed E-state index contributed by atoms with van der Waals surface area (Å²) in [4.78, 5) is 25.2. The van der Waals surface area contributed by atoms with Crippen LogP contribution < -0.4 is 10.1 Å². The van der Waals surface area contributed by atoms with Gasteiger partial charge in [0.05, 0.1) is 19.6 Å². The van der Waals surface area contributed by atoms with E-state index in [0.29, 0.717) is 13.1 Å². The predicted octanol–water partition coefficient (Wildman–Crippen LogP) is 1.36. The number of likely N-dealkylation sites (tertiary alicyclic amines) is 1. The van der Waals surface area contributed by atoms with Gasteiger partial charge in [0.1, 0.15) is 5.75 Å². The van der Waals surface area contributed by atoms with Gasteiger partial charge in [0.25, 0.3) is 0 Å². The number of nitrogens with zero attached hydrogens (tertiary/aromatic N) is 1. The number of hydrogen-bond acceptors (Lipinski definition) is 4. The molecule has 1 aromatic rings. The first-order valence-corrected chi connectivity index (χ1v) is 7.36. The minimum atomic E-state index is -0.366. The number of nitrogens with one attached hydrogen (secondary N) is 1. The molecule has 1 fully saturated rings. The Kier molecular flexibility index (Phi) is 5.33. The summed E-state index contributed by atoms with van der Waals surface area (Å²) >= 11 is 0. The van der Waals surface area contributed by atoms with Gasteiger partial charge in [-0.2, -0.15) is 0 Å². The first-order valence-electron chi connectivity index (χ1n) is 7.36. The molecule has 5 heteroatoms. The summed E-state index contributed by atoms with van der Waals surface area (Å²) in [6.07, 6.45) is 1.87. The topological polar surface area (TPSA) is 58.6 Å². The van der Waals surface area contributed by atoms with Gasteiger partial charge in [0.15, 0.2) is 0 Å². The zero-order chi connectivity index (χ0) is 15.2. The van der Waals surface area contributed by atoms with Crippen LogP contribution in [0.15, 0.2) is 24.3 Å². The fraction of sp³-hybridized carbons (Fsp3) is 0.500. The summed E-state index contributed by atoms with van der Waals surface area (Å²) in [7, 11) is 1.64. The average molecular weight is 290 g/mol. The van der Waals surface area contributed by atoms with Crippen LogP contribution in [0.2, 0.25) is 0 Å². The van der Waals surface area contributed by atoms with Crippen molar-refractivity contribution in [2.75, 3.05) is 20.2 Å². The van der Waals surface area contributed by atoms with Gasteiger partial charge in [0.2, 0.25) is 11.8 Å². The molecule has 2 amide bonds. The summed E-state index contributed by atoms with van der Waals surface area (Å²) in [6, 6.07) is 7.48. The molecule has 1 atom stereocenters. The molecular weight excluding hydrogens is 268 g/mol. The van der Waals surface area contributed by atoms with Crippen molar-refractivity contribution in [2.24, 2.45) is 0 Å². The Morgan fingerprint density at radius 3 is 2.90 bits per heavy atom. The molecule has 0 bridgehead atoms. The van der Waals surface area contributed by atoms with Crippen LogP contribution in [-0.2, 0) is 16.0 Å². The van der Waals surface area contributed by atoms with Crippen LogP contribution in [0.25, 0.3) is 0 Å². The van der Waals surface area contributed by atoms with E-state index in [-0.39, 0.29) is 24.3 Å². The van der Waals surface area contributed by atoms with Crippen LogP contribution in [0.1, 0.15) is 25.3 Å². The van der Waals surface area contributed by atoms with Gasteiger partial charge < -0.3 is 10.1 Å². The highest BCUT2D eigenvalue weighted by atomic mass is 16.5. The number of benzene rings is 1. The number of ether oxygens (including phenoxy) is 1. The number of amides is 2. The molecule has 1 unspecified atom stereocenters. The Labute approximate surface area is 125 Å². The highest BCUT2D eigenvalue weighted by Crippen LogP contribution is 2.15. The fourth-order valence-corrected chi connectivity index (χ4v) is 2.52. The lowest BCUT2D eigenvalue weighted by molar-refractivity contribution is -0.138. The van der Waals surface area contributed by atoms with E-state index in [0.717, 1.165) is 24.2 Å². The van der Waals surface area contributed by atoms with Crippen molar-refractivity contribution in [1.29, 1.82) is 0 Å². The van der Waals surface area contributed by atoms with Crippen molar-refractivity contribution < 1.29 is 14.3 Å². The average Bonchev–Trinajstić information content (AvgIpc) is 2.76. The molecule has 1 heterocycles. The first kappa shape index (κ1) is 15.5. The van der Waals surface area contributed by atoms with Crippen molar-refractivity contribution >= 4 is 11.8 Å². The van der Waals surface area contributed by atoms with E-state index in [1.165, 1.54) is 4.90 Å². The van der Waals surface area contributed by atoms with E-state index in [9.17, 15) is 9.59 Å². The Morgan fingerprint density at radius 1 is 1.38 bits per heavy atom. The molecule has 0 saturated carbocycles. The normalized spacial score (nSPS) is 18.4. The van der Waals surface area contributed by atoms with Gasteiger partial charge in [0, 0.05) is 6.54 Å². The van der Waals surface area contributed by atoms with Crippen LogP contribution in [0.4, 0.5) is 0 Å². The fourth-order valence-electron chi connectivity index (χ4n) is 2.52. The maximum Gasteiger partial charge on any atom is 0.246 e. The standard InChI is InChI=1S/C16H22N2O3/c1-3-9-18-15(19)11-14(16(18)20)17-8-7-12-5-4-6-13(10-12)21-2/h4-6,10,14,17H,3,7-9,11H2,1-2H3. The summed E-state index contributed by atoms with van der Waals surface area (Å²) in [5.74, 6) is 0.668. The second-order valence-corrected chi connectivity index (χ2v) is 5.20. The van der Waals surface area contributed by atoms with E-state index >= 15 is 0 Å². The van der Waals surface area contributed by atoms with Gasteiger partial charge in [-0.25, -0.2) is 0 Å². The molecule has 0 radical (unpaired) electrons. The van der Waals surface area contributed by atoms with E-state index < -0.39 is 0 Å². The van der Waals surface area contributed by atoms with Crippen LogP contribution >= 0.6 is 0 Å². The molecule has 2 rings (SSSR count). The molecule has 0 aromatic heterocycles. The van der Waals surface area contributed by atoms with E-state index in [2.05, 4.69) is 5.32 Å². The van der Waals surface area contributed by atoms with Crippen LogP contribution in [0, 0.1) is 0 Å². The summed E-state index contributed by atoms with van der Waals surface area (Å²) in [6.45, 7) is 3.15. The molecule has 0 spiro atoms. The molecule has 1 N–H and O–H groups in total. The Morgan fingerprint density at radius 2 is 2.19 bits per heavy atom. The van der Waals surface area contributed by atoms with Crippen LogP contribution in [0.5, 0.6) is 5.75 Å². The summed E-state index contributed by atoms with van der Waals surface area (Å²) in [5.41, 5.74) is 1.14. The molecule has 1 aliphatic heterocycles. The third-order valence-electron chi connectivity index (χ3n) is 3.63. The predicted molar refractivity (Wildman–Crippen MR) is 80.1 cm³/mol. The minimum Gasteiger partial charge on any atom is -0.497 e. The molecular formula is C16H22N2O3. The van der Waals surface area contributed by atoms with Crippen LogP contribution in [-0.4, -0.2) is 43.0 Å². The number of hydrogen-bond donors (Lipinski definition) is 1. The Hall–Kier alpha value is -1.88. The molecule has 1 aromatic carbocycles. The lowest BCUT2D eigenvalue weighted by Crippen LogP contribution is -2.39. The highest BCUT2D eigenvalue weighted by molar-refractivity contribution is 6.05. The zero-order valence-corrected chi connectivity index (χ0v) is 12.6. The van der Waals surface area contributed by atoms with Gasteiger partial charge in [-0.1, -0.05) is 19.1 Å². The lowest BCUT2D eigenvalue weighted by atomic mass is 10.1. The number of methoxy groups -OCH3 is 1. The van der Waals surface area contributed by atoms with Gasteiger partial charge in [-0.3, -0.25) is 14.5 Å². The van der Waals surface area contributed by atoms with Crippen molar-refractivity contribution in [3.63, 3.8) is 0 Å². The maximum atomic E-state index is 12.1. The lowest BCUT2D eigenvalue weighted by Gasteiger charge is -2.14. The number of rotatable bonds is 7. The smallest absolute Gasteiger partial charge is 0.246 e. The number of carbonyl (C=O) groups is 2. The van der Waals surface area contributed by atoms with Crippen molar-refractivity contribution in [2.45, 2.75) is 32.2 Å². The second-order valence-electron chi connectivity index (χ2n) is 5.20. The van der Waals surface area contributed by atoms with E-state index in [1.807, 2.05) is 31.2 Å². The van der Waals surface area contributed by atoms with E-state index in [1.54, 1.807) is 7.11 Å². The quantitative estimate of drug-likeness (QED) is 0.771. The molecule has 21 heavy (non-hydrogen) atoms. The Bertz CT molecular complexity index is 516. The van der Waals surface area contributed by atoms with Gasteiger partial charge in [-0.15, -0.1) is 0 Å². The highest BCUT2D eigenvalue weighted by Gasteiger charge is 2.37. The maximum absolute atomic E-state index is 12.1.